The van der Waals surface area contributed by atoms with Gasteiger partial charge in [0.2, 0.25) is 0 Å². The number of allylic oxidation sites excluding steroid dienone is 1. The minimum Gasteiger partial charge on any atom is -0.360 e. The third-order valence-corrected chi connectivity index (χ3v) is 10.4. The van der Waals surface area contributed by atoms with E-state index < -0.39 is 5.66 Å². The molecule has 4 aromatic rings. The average Bonchev–Trinajstić information content (AvgIpc) is 3.96. The van der Waals surface area contributed by atoms with Crippen LogP contribution in [0.15, 0.2) is 102 Å². The number of carbonyl (C=O) groups excluding carboxylic acids is 2. The van der Waals surface area contributed by atoms with Crippen molar-refractivity contribution in [3.05, 3.63) is 103 Å². The molecule has 262 valence electrons. The molecule has 3 atom stereocenters. The number of nitrogens with one attached hydrogen (secondary N) is 3. The van der Waals surface area contributed by atoms with Crippen LogP contribution >= 0.6 is 0 Å². The smallest absolute Gasteiger partial charge is 0.272 e. The van der Waals surface area contributed by atoms with Crippen molar-refractivity contribution < 1.29 is 9.59 Å². The van der Waals surface area contributed by atoms with Crippen LogP contribution in [-0.4, -0.2) is 62.6 Å². The SMILES string of the molecule is C=C(C=CCC)C(=O)N1CCCC1c1nc2ccc(-c3ccc(-c4ccc5c(c4)NC(C)(C4CCCN4C(=O)C(=C)N=CCC)N5)cc3)cc2[nH]1. The van der Waals surface area contributed by atoms with Gasteiger partial charge in [-0.05, 0) is 92.0 Å². The molecule has 9 nitrogen and oxygen atoms in total. The van der Waals surface area contributed by atoms with Gasteiger partial charge in [0.05, 0.1) is 34.5 Å². The maximum Gasteiger partial charge on any atom is 0.272 e. The lowest BCUT2D eigenvalue weighted by Crippen LogP contribution is -2.56. The van der Waals surface area contributed by atoms with Crippen molar-refractivity contribution in [3.63, 3.8) is 0 Å². The third kappa shape index (κ3) is 6.60. The molecule has 0 spiro atoms. The largest absolute Gasteiger partial charge is 0.360 e. The van der Waals surface area contributed by atoms with Gasteiger partial charge in [0, 0.05) is 24.9 Å². The number of carbonyl (C=O) groups is 2. The number of hydrogen-bond donors (Lipinski definition) is 3. The molecule has 3 N–H and O–H groups in total. The summed E-state index contributed by atoms with van der Waals surface area (Å²) in [6.07, 6.45) is 10.8. The van der Waals surface area contributed by atoms with Crippen LogP contribution in [0.3, 0.4) is 0 Å². The molecule has 3 aromatic carbocycles. The second-order valence-corrected chi connectivity index (χ2v) is 14.0. The summed E-state index contributed by atoms with van der Waals surface area (Å²) >= 11 is 0. The normalized spacial score (nSPS) is 21.4. The number of aliphatic imine (C=N–C) groups is 1. The predicted octanol–water partition coefficient (Wildman–Crippen LogP) is 8.62. The first kappa shape index (κ1) is 34.0. The number of benzene rings is 3. The van der Waals surface area contributed by atoms with Crippen molar-refractivity contribution in [1.29, 1.82) is 0 Å². The van der Waals surface area contributed by atoms with E-state index in [2.05, 4.69) is 95.3 Å². The maximum absolute atomic E-state index is 13.2. The molecule has 3 aliphatic rings. The molecule has 9 heteroatoms. The number of likely N-dealkylation sites (tertiary alicyclic amines) is 2. The van der Waals surface area contributed by atoms with Crippen molar-refractivity contribution in [2.24, 2.45) is 4.99 Å². The summed E-state index contributed by atoms with van der Waals surface area (Å²) in [4.78, 5) is 42.9. The topological polar surface area (TPSA) is 106 Å². The Bertz CT molecular complexity index is 2060. The summed E-state index contributed by atoms with van der Waals surface area (Å²) in [5.74, 6) is 0.691. The van der Waals surface area contributed by atoms with Gasteiger partial charge in [-0.25, -0.2) is 4.98 Å². The summed E-state index contributed by atoms with van der Waals surface area (Å²) < 4.78 is 0. The fraction of sp³-hybridized carbons (Fsp3) is 0.333. The quantitative estimate of drug-likeness (QED) is 0.0883. The Kier molecular flexibility index (Phi) is 9.38. The van der Waals surface area contributed by atoms with Crippen LogP contribution in [0.4, 0.5) is 11.4 Å². The maximum atomic E-state index is 13.2. The fourth-order valence-electron chi connectivity index (χ4n) is 7.76. The molecular formula is C42H47N7O2. The number of anilines is 2. The van der Waals surface area contributed by atoms with E-state index >= 15 is 0 Å². The highest BCUT2D eigenvalue weighted by atomic mass is 16.2. The monoisotopic (exact) mass is 681 g/mol. The lowest BCUT2D eigenvalue weighted by atomic mass is 9.99. The van der Waals surface area contributed by atoms with Gasteiger partial charge in [-0.1, -0.05) is 75.6 Å². The number of nitrogens with zero attached hydrogens (tertiary/aromatic N) is 4. The van der Waals surface area contributed by atoms with Crippen LogP contribution in [0.25, 0.3) is 33.3 Å². The molecule has 3 unspecified atom stereocenters. The van der Waals surface area contributed by atoms with Crippen molar-refractivity contribution in [2.45, 2.75) is 77.0 Å². The van der Waals surface area contributed by atoms with Crippen molar-refractivity contribution in [1.82, 2.24) is 19.8 Å². The van der Waals surface area contributed by atoms with Gasteiger partial charge in [-0.3, -0.25) is 14.6 Å². The highest BCUT2D eigenvalue weighted by molar-refractivity contribution is 5.96. The number of rotatable bonds is 10. The number of fused-ring (bicyclic) bond motifs is 2. The summed E-state index contributed by atoms with van der Waals surface area (Å²) in [5, 5.41) is 7.39. The van der Waals surface area contributed by atoms with Crippen molar-refractivity contribution >= 4 is 40.4 Å². The molecule has 3 aliphatic heterocycles. The average molecular weight is 682 g/mol. The van der Waals surface area contributed by atoms with Gasteiger partial charge in [0.15, 0.2) is 0 Å². The molecule has 51 heavy (non-hydrogen) atoms. The number of amides is 2. The molecule has 0 radical (unpaired) electrons. The van der Waals surface area contributed by atoms with Gasteiger partial charge >= 0.3 is 0 Å². The Morgan fingerprint density at radius 2 is 1.53 bits per heavy atom. The minimum absolute atomic E-state index is 0.0276. The number of H-pyrrole nitrogens is 1. The molecule has 2 fully saturated rings. The Morgan fingerprint density at radius 3 is 2.27 bits per heavy atom. The van der Waals surface area contributed by atoms with Crippen LogP contribution in [-0.2, 0) is 9.59 Å². The molecular weight excluding hydrogens is 635 g/mol. The molecule has 1 aromatic heterocycles. The minimum atomic E-state index is -0.511. The van der Waals surface area contributed by atoms with E-state index in [0.717, 1.165) is 89.0 Å². The van der Waals surface area contributed by atoms with E-state index in [1.165, 1.54) is 0 Å². The first-order valence-corrected chi connectivity index (χ1v) is 18.2. The number of hydrogen-bond acceptors (Lipinski definition) is 6. The Hall–Kier alpha value is -5.44. The zero-order chi connectivity index (χ0) is 35.7. The van der Waals surface area contributed by atoms with E-state index in [1.807, 2.05) is 41.9 Å². The molecule has 2 saturated heterocycles. The van der Waals surface area contributed by atoms with Crippen LogP contribution < -0.4 is 10.6 Å². The number of aromatic nitrogens is 2. The first-order chi connectivity index (χ1) is 24.7. The van der Waals surface area contributed by atoms with Crippen LogP contribution in [0.1, 0.15) is 71.2 Å². The lowest BCUT2D eigenvalue weighted by Gasteiger charge is -2.38. The molecule has 7 rings (SSSR count). The molecule has 0 saturated carbocycles. The lowest BCUT2D eigenvalue weighted by molar-refractivity contribution is -0.129. The van der Waals surface area contributed by atoms with E-state index in [9.17, 15) is 9.59 Å². The van der Waals surface area contributed by atoms with Crippen molar-refractivity contribution in [3.8, 4) is 22.3 Å². The number of imidazole rings is 1. The highest BCUT2D eigenvalue weighted by Gasteiger charge is 2.46. The van der Waals surface area contributed by atoms with Gasteiger partial charge in [-0.15, -0.1) is 0 Å². The Morgan fingerprint density at radius 1 is 0.863 bits per heavy atom. The van der Waals surface area contributed by atoms with Crippen LogP contribution in [0, 0.1) is 0 Å². The summed E-state index contributed by atoms with van der Waals surface area (Å²) in [6.45, 7) is 15.5. The Balaban J connectivity index is 1.05. The summed E-state index contributed by atoms with van der Waals surface area (Å²) in [7, 11) is 0. The molecule has 0 bridgehead atoms. The predicted molar refractivity (Wildman–Crippen MR) is 208 cm³/mol. The standard InChI is InChI=1S/C42H47N7O2/c1-6-8-11-27(3)40(50)48-23-9-12-37(48)39-44-33-20-18-31(25-35(33)45-39)29-14-16-30(17-15-29)32-19-21-34-36(26-32)47-42(5,46-34)38-13-10-24-49(38)41(51)28(4)43-22-7-2/h8,11,14-22,25-26,37-38,46-47H,3-4,6-7,9-10,12-13,23-24H2,1-2,5H3,(H,44,45). The van der Waals surface area contributed by atoms with Gasteiger partial charge in [-0.2, -0.15) is 0 Å². The first-order valence-electron chi connectivity index (χ1n) is 18.2. The summed E-state index contributed by atoms with van der Waals surface area (Å²) in [5.41, 5.74) is 8.61. The fourth-order valence-corrected chi connectivity index (χ4v) is 7.76. The Labute approximate surface area is 300 Å². The van der Waals surface area contributed by atoms with Crippen LogP contribution in [0.5, 0.6) is 0 Å². The van der Waals surface area contributed by atoms with Gasteiger partial charge < -0.3 is 25.4 Å². The van der Waals surface area contributed by atoms with E-state index in [-0.39, 0.29) is 29.6 Å². The molecule has 4 heterocycles. The van der Waals surface area contributed by atoms with Gasteiger partial charge in [0.1, 0.15) is 17.2 Å². The van der Waals surface area contributed by atoms with Gasteiger partial charge in [0.25, 0.3) is 11.8 Å². The van der Waals surface area contributed by atoms with E-state index in [1.54, 1.807) is 6.21 Å². The van der Waals surface area contributed by atoms with Crippen molar-refractivity contribution in [2.75, 3.05) is 23.7 Å². The zero-order valence-electron chi connectivity index (χ0n) is 29.8. The second-order valence-electron chi connectivity index (χ2n) is 14.0. The third-order valence-electron chi connectivity index (χ3n) is 10.4. The molecule has 0 aliphatic carbocycles. The zero-order valence-corrected chi connectivity index (χ0v) is 29.8. The summed E-state index contributed by atoms with van der Waals surface area (Å²) in [6, 6.07) is 21.2. The number of aromatic amines is 1. The molecule has 2 amide bonds. The second kappa shape index (κ2) is 14.1. The van der Waals surface area contributed by atoms with E-state index in [4.69, 9.17) is 4.98 Å². The van der Waals surface area contributed by atoms with Crippen LogP contribution in [0.2, 0.25) is 0 Å². The van der Waals surface area contributed by atoms with E-state index in [0.29, 0.717) is 18.7 Å². The highest BCUT2D eigenvalue weighted by Crippen LogP contribution is 2.42.